The van der Waals surface area contributed by atoms with E-state index in [0.29, 0.717) is 31.3 Å². The van der Waals surface area contributed by atoms with Crippen molar-refractivity contribution < 1.29 is 14.6 Å². The molecule has 128 valence electrons. The number of piperidine rings is 1. The van der Waals surface area contributed by atoms with Crippen molar-refractivity contribution in [2.24, 2.45) is 0 Å². The van der Waals surface area contributed by atoms with Gasteiger partial charge in [0.2, 0.25) is 5.95 Å². The molecule has 3 N–H and O–H groups in total. The number of carbonyl (C=O) groups is 1. The predicted molar refractivity (Wildman–Crippen MR) is 87.5 cm³/mol. The number of nitrogens with zero attached hydrogens (tertiary/aromatic N) is 4. The molecule has 1 aromatic rings. The maximum atomic E-state index is 11.8. The van der Waals surface area contributed by atoms with E-state index in [1.807, 2.05) is 25.7 Å². The van der Waals surface area contributed by atoms with Crippen LogP contribution in [0, 0.1) is 0 Å². The monoisotopic (exact) mass is 323 g/mol. The number of aromatic nitrogens is 2. The molecule has 1 saturated heterocycles. The number of anilines is 2. The molecule has 0 bridgehead atoms. The van der Waals surface area contributed by atoms with Crippen LogP contribution in [0.25, 0.3) is 0 Å². The average molecular weight is 323 g/mol. The lowest BCUT2D eigenvalue weighted by Gasteiger charge is -2.47. The number of amides is 1. The van der Waals surface area contributed by atoms with Crippen LogP contribution in [-0.4, -0.2) is 64.0 Å². The Hall–Kier alpha value is -2.09. The topological polar surface area (TPSA) is 105 Å². The van der Waals surface area contributed by atoms with Crippen molar-refractivity contribution in [3.8, 4) is 0 Å². The van der Waals surface area contributed by atoms with Gasteiger partial charge in [0.25, 0.3) is 0 Å². The van der Waals surface area contributed by atoms with Crippen molar-refractivity contribution in [3.63, 3.8) is 0 Å². The number of carboxylic acid groups (broad SMARTS) is 1. The van der Waals surface area contributed by atoms with Gasteiger partial charge >= 0.3 is 6.09 Å². The van der Waals surface area contributed by atoms with Gasteiger partial charge in [-0.15, -0.1) is 0 Å². The Morgan fingerprint density at radius 3 is 2.74 bits per heavy atom. The van der Waals surface area contributed by atoms with Crippen molar-refractivity contribution in [2.75, 3.05) is 30.8 Å². The highest BCUT2D eigenvalue weighted by molar-refractivity contribution is 5.67. The summed E-state index contributed by atoms with van der Waals surface area (Å²) in [5.74, 6) is 0.912. The number of nitrogen functional groups attached to an aromatic ring is 1. The van der Waals surface area contributed by atoms with E-state index >= 15 is 0 Å². The van der Waals surface area contributed by atoms with E-state index in [9.17, 15) is 9.90 Å². The molecule has 1 fully saturated rings. The average Bonchev–Trinajstić information content (AvgIpc) is 2.45. The lowest BCUT2D eigenvalue weighted by Crippen LogP contribution is -2.62. The van der Waals surface area contributed by atoms with Gasteiger partial charge in [-0.1, -0.05) is 0 Å². The van der Waals surface area contributed by atoms with E-state index in [-0.39, 0.29) is 12.1 Å². The molecule has 0 spiro atoms. The highest BCUT2D eigenvalue weighted by Gasteiger charge is 2.41. The molecule has 0 aromatic carbocycles. The van der Waals surface area contributed by atoms with Gasteiger partial charge in [0.1, 0.15) is 5.82 Å². The van der Waals surface area contributed by atoms with Crippen LogP contribution in [-0.2, 0) is 4.74 Å². The zero-order valence-electron chi connectivity index (χ0n) is 14.1. The van der Waals surface area contributed by atoms with Crippen LogP contribution in [0.1, 0.15) is 27.2 Å². The third-order valence-electron chi connectivity index (χ3n) is 4.03. The summed E-state index contributed by atoms with van der Waals surface area (Å²) in [6.45, 7) is 6.79. The van der Waals surface area contributed by atoms with Crippen LogP contribution in [0.15, 0.2) is 12.3 Å². The van der Waals surface area contributed by atoms with Crippen molar-refractivity contribution in [1.29, 1.82) is 0 Å². The first-order valence-electron chi connectivity index (χ1n) is 7.62. The standard InChI is InChI=1S/C15H25N5O3/c1-15(2,3)20(14(21)22)10-9-19(8-6-11(10)23-4)13-17-7-5-12(16)18-13/h5,7,10-11H,6,8-9H2,1-4H3,(H,21,22)(H2,16,17,18). The molecule has 2 heterocycles. The summed E-state index contributed by atoms with van der Waals surface area (Å²) in [6, 6.07) is 1.32. The molecule has 23 heavy (non-hydrogen) atoms. The Balaban J connectivity index is 2.29. The molecule has 0 radical (unpaired) electrons. The fourth-order valence-electron chi connectivity index (χ4n) is 3.06. The summed E-state index contributed by atoms with van der Waals surface area (Å²) < 4.78 is 5.54. The molecule has 8 heteroatoms. The molecule has 0 aliphatic carbocycles. The summed E-state index contributed by atoms with van der Waals surface area (Å²) in [4.78, 5) is 23.7. The Morgan fingerprint density at radius 1 is 1.52 bits per heavy atom. The summed E-state index contributed by atoms with van der Waals surface area (Å²) >= 11 is 0. The second kappa shape index (κ2) is 6.57. The predicted octanol–water partition coefficient (Wildman–Crippen LogP) is 1.43. The van der Waals surface area contributed by atoms with Gasteiger partial charge < -0.3 is 20.5 Å². The maximum absolute atomic E-state index is 11.8. The number of ether oxygens (including phenoxy) is 1. The van der Waals surface area contributed by atoms with Gasteiger partial charge in [0, 0.05) is 31.9 Å². The van der Waals surface area contributed by atoms with Crippen molar-refractivity contribution in [3.05, 3.63) is 12.3 Å². The summed E-state index contributed by atoms with van der Waals surface area (Å²) in [6.07, 6.45) is 1.18. The summed E-state index contributed by atoms with van der Waals surface area (Å²) in [7, 11) is 1.62. The second-order valence-electron chi connectivity index (χ2n) is 6.68. The fraction of sp³-hybridized carbons (Fsp3) is 0.667. The number of rotatable bonds is 3. The normalized spacial score (nSPS) is 22.0. The molecule has 0 saturated carbocycles. The first-order chi connectivity index (χ1) is 10.7. The lowest BCUT2D eigenvalue weighted by atomic mass is 9.95. The molecule has 2 unspecified atom stereocenters. The molecule has 1 aromatic heterocycles. The van der Waals surface area contributed by atoms with Gasteiger partial charge in [0.05, 0.1) is 12.1 Å². The number of methoxy groups -OCH3 is 1. The van der Waals surface area contributed by atoms with E-state index in [1.54, 1.807) is 19.4 Å². The quantitative estimate of drug-likeness (QED) is 0.867. The van der Waals surface area contributed by atoms with Gasteiger partial charge in [-0.25, -0.2) is 9.78 Å². The maximum Gasteiger partial charge on any atom is 0.408 e. The molecule has 2 rings (SSSR count). The summed E-state index contributed by atoms with van der Waals surface area (Å²) in [5.41, 5.74) is 5.19. The molecule has 2 atom stereocenters. The minimum Gasteiger partial charge on any atom is -0.465 e. The van der Waals surface area contributed by atoms with Crippen molar-refractivity contribution >= 4 is 17.9 Å². The highest BCUT2D eigenvalue weighted by Crippen LogP contribution is 2.27. The molecular formula is C15H25N5O3. The fourth-order valence-corrected chi connectivity index (χ4v) is 3.06. The Labute approximate surface area is 136 Å². The number of hydrogen-bond donors (Lipinski definition) is 2. The Kier molecular flexibility index (Phi) is 4.93. The smallest absolute Gasteiger partial charge is 0.408 e. The highest BCUT2D eigenvalue weighted by atomic mass is 16.5. The molecule has 1 amide bonds. The van der Waals surface area contributed by atoms with Crippen LogP contribution in [0.3, 0.4) is 0 Å². The Bertz CT molecular complexity index is 560. The Morgan fingerprint density at radius 2 is 2.22 bits per heavy atom. The van der Waals surface area contributed by atoms with Crippen molar-refractivity contribution in [2.45, 2.75) is 44.9 Å². The van der Waals surface area contributed by atoms with E-state index in [1.165, 1.54) is 4.90 Å². The van der Waals surface area contributed by atoms with Crippen molar-refractivity contribution in [1.82, 2.24) is 14.9 Å². The lowest BCUT2D eigenvalue weighted by molar-refractivity contribution is -0.0220. The van der Waals surface area contributed by atoms with E-state index in [2.05, 4.69) is 9.97 Å². The second-order valence-corrected chi connectivity index (χ2v) is 6.68. The molecule has 8 nitrogen and oxygen atoms in total. The van der Waals surface area contributed by atoms with E-state index in [0.717, 1.165) is 0 Å². The van der Waals surface area contributed by atoms with Gasteiger partial charge in [-0.3, -0.25) is 4.90 Å². The van der Waals surface area contributed by atoms with Gasteiger partial charge in [-0.05, 0) is 33.3 Å². The van der Waals surface area contributed by atoms with Crippen LogP contribution in [0.5, 0.6) is 0 Å². The van der Waals surface area contributed by atoms with Crippen LogP contribution in [0.2, 0.25) is 0 Å². The zero-order chi connectivity index (χ0) is 17.2. The van der Waals surface area contributed by atoms with E-state index in [4.69, 9.17) is 10.5 Å². The minimum absolute atomic E-state index is 0.164. The third-order valence-corrected chi connectivity index (χ3v) is 4.03. The third kappa shape index (κ3) is 3.82. The van der Waals surface area contributed by atoms with Crippen LogP contribution >= 0.6 is 0 Å². The van der Waals surface area contributed by atoms with Crippen LogP contribution in [0.4, 0.5) is 16.6 Å². The molecule has 1 aliphatic rings. The first-order valence-corrected chi connectivity index (χ1v) is 7.62. The summed E-state index contributed by atoms with van der Waals surface area (Å²) in [5, 5.41) is 9.68. The largest absolute Gasteiger partial charge is 0.465 e. The molecular weight excluding hydrogens is 298 g/mol. The number of nitrogens with two attached hydrogens (primary N) is 1. The van der Waals surface area contributed by atoms with Crippen LogP contribution < -0.4 is 10.6 Å². The van der Waals surface area contributed by atoms with Gasteiger partial charge in [0.15, 0.2) is 0 Å². The van der Waals surface area contributed by atoms with Gasteiger partial charge in [-0.2, -0.15) is 4.98 Å². The minimum atomic E-state index is -0.958. The SMILES string of the molecule is COC1CCN(c2nccc(N)n2)CC1N(C(=O)O)C(C)(C)C. The van der Waals surface area contributed by atoms with E-state index < -0.39 is 11.6 Å². The number of hydrogen-bond acceptors (Lipinski definition) is 6. The zero-order valence-corrected chi connectivity index (χ0v) is 14.1. The first kappa shape index (κ1) is 17.3. The molecule has 1 aliphatic heterocycles.